The van der Waals surface area contributed by atoms with Crippen molar-refractivity contribution >= 4 is 0 Å². The summed E-state index contributed by atoms with van der Waals surface area (Å²) in [5, 5.41) is 21.8. The number of aromatic hydroxyl groups is 2. The monoisotopic (exact) mass is 392 g/mol. The van der Waals surface area contributed by atoms with Crippen LogP contribution in [0.1, 0.15) is 113 Å². The quantitative estimate of drug-likeness (QED) is 0.578. The van der Waals surface area contributed by atoms with Crippen molar-refractivity contribution in [3.05, 3.63) is 57.6 Å². The van der Waals surface area contributed by atoms with Crippen LogP contribution in [-0.4, -0.2) is 10.2 Å². The van der Waals surface area contributed by atoms with Crippen LogP contribution < -0.4 is 0 Å². The van der Waals surface area contributed by atoms with Gasteiger partial charge in [-0.1, -0.05) is 67.5 Å². The SMILES string of the molecule is CC(C)c1c(O)ccc2c1C1(CC2(C)C)CC(C)(C)c2ccc(O)c(C(C)C)c21. The highest BCUT2D eigenvalue weighted by atomic mass is 16.3. The highest BCUT2D eigenvalue weighted by molar-refractivity contribution is 5.67. The second kappa shape index (κ2) is 6.03. The number of rotatable bonds is 2. The summed E-state index contributed by atoms with van der Waals surface area (Å²) >= 11 is 0. The van der Waals surface area contributed by atoms with Gasteiger partial charge in [0.25, 0.3) is 0 Å². The van der Waals surface area contributed by atoms with Gasteiger partial charge in [-0.3, -0.25) is 0 Å². The average molecular weight is 393 g/mol. The van der Waals surface area contributed by atoms with Gasteiger partial charge in [0.05, 0.1) is 0 Å². The fourth-order valence-corrected chi connectivity index (χ4v) is 6.79. The van der Waals surface area contributed by atoms with Gasteiger partial charge in [-0.2, -0.15) is 0 Å². The van der Waals surface area contributed by atoms with Crippen molar-refractivity contribution < 1.29 is 10.2 Å². The zero-order valence-electron chi connectivity index (χ0n) is 19.3. The lowest BCUT2D eigenvalue weighted by Gasteiger charge is -2.34. The van der Waals surface area contributed by atoms with Crippen molar-refractivity contribution in [3.8, 4) is 11.5 Å². The third-order valence-electron chi connectivity index (χ3n) is 7.50. The number of benzene rings is 2. The Kier molecular flexibility index (Phi) is 4.22. The Bertz CT molecular complexity index is 911. The summed E-state index contributed by atoms with van der Waals surface area (Å²) in [6.07, 6.45) is 2.02. The topological polar surface area (TPSA) is 40.5 Å². The molecule has 2 aliphatic rings. The molecule has 0 heterocycles. The summed E-state index contributed by atoms with van der Waals surface area (Å²) in [6, 6.07) is 8.08. The van der Waals surface area contributed by atoms with Crippen molar-refractivity contribution in [2.45, 2.75) is 96.3 Å². The fourth-order valence-electron chi connectivity index (χ4n) is 6.79. The van der Waals surface area contributed by atoms with E-state index in [1.807, 2.05) is 12.1 Å². The van der Waals surface area contributed by atoms with Gasteiger partial charge in [-0.05, 0) is 69.9 Å². The van der Waals surface area contributed by atoms with Gasteiger partial charge < -0.3 is 10.2 Å². The smallest absolute Gasteiger partial charge is 0.119 e. The van der Waals surface area contributed by atoms with Crippen LogP contribution in [0.2, 0.25) is 0 Å². The van der Waals surface area contributed by atoms with Gasteiger partial charge in [0.2, 0.25) is 0 Å². The van der Waals surface area contributed by atoms with Crippen LogP contribution in [0.4, 0.5) is 0 Å². The van der Waals surface area contributed by atoms with Crippen molar-refractivity contribution in [3.63, 3.8) is 0 Å². The lowest BCUT2D eigenvalue weighted by atomic mass is 9.68. The third kappa shape index (κ3) is 2.60. The molecule has 29 heavy (non-hydrogen) atoms. The van der Waals surface area contributed by atoms with E-state index in [0.29, 0.717) is 11.5 Å². The zero-order chi connectivity index (χ0) is 21.5. The molecule has 0 unspecified atom stereocenters. The molecule has 2 aliphatic carbocycles. The van der Waals surface area contributed by atoms with Crippen LogP contribution in [0.15, 0.2) is 24.3 Å². The minimum absolute atomic E-state index is 0.0179. The maximum Gasteiger partial charge on any atom is 0.119 e. The molecule has 0 aliphatic heterocycles. The van der Waals surface area contributed by atoms with E-state index in [1.54, 1.807) is 0 Å². The Labute approximate surface area is 176 Å². The first-order valence-electron chi connectivity index (χ1n) is 11.1. The number of phenols is 2. The zero-order valence-corrected chi connectivity index (χ0v) is 19.3. The highest BCUT2D eigenvalue weighted by Crippen LogP contribution is 2.66. The molecule has 0 atom stereocenters. The number of hydrogen-bond donors (Lipinski definition) is 2. The normalized spacial score (nSPS) is 20.5. The molecular weight excluding hydrogens is 356 g/mol. The highest BCUT2D eigenvalue weighted by Gasteiger charge is 2.58. The lowest BCUT2D eigenvalue weighted by molar-refractivity contribution is 0.345. The van der Waals surface area contributed by atoms with Crippen molar-refractivity contribution in [1.29, 1.82) is 0 Å². The molecule has 0 amide bonds. The van der Waals surface area contributed by atoms with Gasteiger partial charge in [-0.15, -0.1) is 0 Å². The van der Waals surface area contributed by atoms with Gasteiger partial charge in [0, 0.05) is 16.5 Å². The summed E-state index contributed by atoms with van der Waals surface area (Å²) in [7, 11) is 0. The summed E-state index contributed by atoms with van der Waals surface area (Å²) in [5.41, 5.74) is 7.43. The predicted octanol–water partition coefficient (Wildman–Crippen LogP) is 6.99. The van der Waals surface area contributed by atoms with Crippen molar-refractivity contribution in [2.75, 3.05) is 0 Å². The number of phenolic OH excluding ortho intramolecular Hbond substituents is 2. The molecule has 156 valence electrons. The molecule has 2 aromatic rings. The Morgan fingerprint density at radius 3 is 1.31 bits per heavy atom. The van der Waals surface area contributed by atoms with E-state index in [1.165, 1.54) is 22.3 Å². The Hall–Kier alpha value is -1.96. The third-order valence-corrected chi connectivity index (χ3v) is 7.50. The molecule has 0 bridgehead atoms. The largest absolute Gasteiger partial charge is 0.508 e. The first-order chi connectivity index (χ1) is 13.3. The van der Waals surface area contributed by atoms with E-state index in [-0.39, 0.29) is 28.1 Å². The average Bonchev–Trinajstić information content (AvgIpc) is 2.93. The maximum absolute atomic E-state index is 10.9. The predicted molar refractivity (Wildman–Crippen MR) is 120 cm³/mol. The number of fused-ring (bicyclic) bond motifs is 4. The molecule has 0 saturated carbocycles. The van der Waals surface area contributed by atoms with E-state index >= 15 is 0 Å². The molecule has 0 saturated heterocycles. The van der Waals surface area contributed by atoms with Gasteiger partial charge >= 0.3 is 0 Å². The molecular formula is C27H36O2. The van der Waals surface area contributed by atoms with Crippen molar-refractivity contribution in [1.82, 2.24) is 0 Å². The standard InChI is InChI=1S/C27H36O2/c1-15(2)21-19(28)11-9-17-23(21)27(13-25(17,5)6)14-26(7,8)18-10-12-20(29)22(16(3)4)24(18)27/h9-12,15-16,28-29H,13-14H2,1-8H3. The van der Waals surface area contributed by atoms with E-state index in [4.69, 9.17) is 0 Å². The van der Waals surface area contributed by atoms with Gasteiger partial charge in [0.1, 0.15) is 11.5 Å². The van der Waals surface area contributed by atoms with E-state index < -0.39 is 0 Å². The number of hydrogen-bond acceptors (Lipinski definition) is 2. The fraction of sp³-hybridized carbons (Fsp3) is 0.556. The van der Waals surface area contributed by atoms with E-state index in [2.05, 4.69) is 67.5 Å². The molecule has 2 aromatic carbocycles. The molecule has 2 N–H and O–H groups in total. The van der Waals surface area contributed by atoms with Crippen LogP contribution in [0.5, 0.6) is 11.5 Å². The van der Waals surface area contributed by atoms with Crippen LogP contribution >= 0.6 is 0 Å². The van der Waals surface area contributed by atoms with Crippen LogP contribution in [0, 0.1) is 0 Å². The van der Waals surface area contributed by atoms with Crippen LogP contribution in [-0.2, 0) is 16.2 Å². The Balaban J connectivity index is 2.19. The molecule has 1 spiro atoms. The maximum atomic E-state index is 10.9. The first-order valence-corrected chi connectivity index (χ1v) is 11.1. The van der Waals surface area contributed by atoms with E-state index in [9.17, 15) is 10.2 Å². The van der Waals surface area contributed by atoms with Crippen LogP contribution in [0.3, 0.4) is 0 Å². The summed E-state index contributed by atoms with van der Waals surface area (Å²) in [4.78, 5) is 0. The van der Waals surface area contributed by atoms with Gasteiger partial charge in [-0.25, -0.2) is 0 Å². The molecule has 0 radical (unpaired) electrons. The second-order valence-corrected chi connectivity index (χ2v) is 11.4. The molecule has 2 heteroatoms. The molecule has 0 fully saturated rings. The summed E-state index contributed by atoms with van der Waals surface area (Å²) in [6.45, 7) is 18.1. The second-order valence-electron chi connectivity index (χ2n) is 11.4. The summed E-state index contributed by atoms with van der Waals surface area (Å²) in [5.74, 6) is 1.30. The minimum atomic E-state index is -0.172. The summed E-state index contributed by atoms with van der Waals surface area (Å²) < 4.78 is 0. The van der Waals surface area contributed by atoms with Gasteiger partial charge in [0.15, 0.2) is 0 Å². The van der Waals surface area contributed by atoms with Crippen molar-refractivity contribution in [2.24, 2.45) is 0 Å². The Morgan fingerprint density at radius 1 is 0.655 bits per heavy atom. The molecule has 2 nitrogen and oxygen atoms in total. The van der Waals surface area contributed by atoms with Crippen LogP contribution in [0.25, 0.3) is 0 Å². The van der Waals surface area contributed by atoms with E-state index in [0.717, 1.165) is 24.0 Å². The lowest BCUT2D eigenvalue weighted by Crippen LogP contribution is -2.29. The molecule has 0 aromatic heterocycles. The minimum Gasteiger partial charge on any atom is -0.508 e. The first kappa shape index (κ1) is 20.3. The molecule has 4 rings (SSSR count). The Morgan fingerprint density at radius 2 is 1.00 bits per heavy atom.